The number of benzene rings is 2. The lowest BCUT2D eigenvalue weighted by molar-refractivity contribution is -0.141. The molecule has 0 aromatic heterocycles. The highest BCUT2D eigenvalue weighted by atomic mass is 35.5. The molecule has 0 bridgehead atoms. The maximum Gasteiger partial charge on any atom is 0.326 e. The number of fused-ring (bicyclic) bond motifs is 1. The smallest absolute Gasteiger partial charge is 0.326 e. The third-order valence-corrected chi connectivity index (χ3v) is 6.90. The highest BCUT2D eigenvalue weighted by Gasteiger charge is 2.31. The van der Waals surface area contributed by atoms with E-state index < -0.39 is 22.5 Å². The zero-order valence-electron chi connectivity index (χ0n) is 16.9. The molecule has 0 unspecified atom stereocenters. The fourth-order valence-electron chi connectivity index (χ4n) is 3.33. The normalized spacial score (nSPS) is 13.0. The number of ether oxygens (including phenoxy) is 1. The molecule has 0 aliphatic carbocycles. The number of hydrogen-bond acceptors (Lipinski definition) is 5. The third kappa shape index (κ3) is 4.89. The Kier molecular flexibility index (Phi) is 6.98. The summed E-state index contributed by atoms with van der Waals surface area (Å²) in [6.45, 7) is 1.68. The van der Waals surface area contributed by atoms with Gasteiger partial charge in [-0.05, 0) is 55.3 Å². The van der Waals surface area contributed by atoms with Crippen LogP contribution in [0.3, 0.4) is 0 Å². The van der Waals surface area contributed by atoms with Gasteiger partial charge in [-0.2, -0.15) is 0 Å². The van der Waals surface area contributed by atoms with E-state index in [4.69, 9.17) is 27.9 Å². The maximum absolute atomic E-state index is 13.4. The van der Waals surface area contributed by atoms with Gasteiger partial charge in [0, 0.05) is 29.3 Å². The third-order valence-electron chi connectivity index (χ3n) is 4.71. The molecule has 0 spiro atoms. The van der Waals surface area contributed by atoms with Gasteiger partial charge in [-0.3, -0.25) is 14.0 Å². The first-order chi connectivity index (χ1) is 14.7. The van der Waals surface area contributed by atoms with Crippen molar-refractivity contribution in [2.24, 2.45) is 0 Å². The van der Waals surface area contributed by atoms with Crippen LogP contribution in [0.2, 0.25) is 10.0 Å². The number of sulfonamides is 1. The molecule has 0 atom stereocenters. The standard InChI is InChI=1S/C20H21Cl2N3O5S/c1-3-30-19(26)12-25(31(28,29)17-10-14(21)9-15(22)11-17)16-4-5-18-13(8-16)6-7-24(18)20(27)23-2/h4-5,8-11H,3,6-7,12H2,1-2H3,(H,23,27). The van der Waals surface area contributed by atoms with Crippen LogP contribution in [-0.4, -0.2) is 47.2 Å². The van der Waals surface area contributed by atoms with Gasteiger partial charge in [0.2, 0.25) is 0 Å². The molecule has 1 aliphatic heterocycles. The van der Waals surface area contributed by atoms with E-state index in [9.17, 15) is 18.0 Å². The summed E-state index contributed by atoms with van der Waals surface area (Å²) in [5.74, 6) is -0.702. The average molecular weight is 486 g/mol. The molecule has 2 aromatic carbocycles. The summed E-state index contributed by atoms with van der Waals surface area (Å²) in [4.78, 5) is 25.7. The summed E-state index contributed by atoms with van der Waals surface area (Å²) in [5.41, 5.74) is 1.73. The second-order valence-corrected chi connectivity index (χ2v) is 9.43. The van der Waals surface area contributed by atoms with Gasteiger partial charge in [-0.15, -0.1) is 0 Å². The number of amides is 2. The molecular formula is C20H21Cl2N3O5S. The Hall–Kier alpha value is -2.49. The molecule has 1 aliphatic rings. The highest BCUT2D eigenvalue weighted by molar-refractivity contribution is 7.92. The SMILES string of the molecule is CCOC(=O)CN(c1ccc2c(c1)CCN2C(=O)NC)S(=O)(=O)c1cc(Cl)cc(Cl)c1. The number of anilines is 2. The molecule has 1 N–H and O–H groups in total. The molecule has 0 saturated carbocycles. The summed E-state index contributed by atoms with van der Waals surface area (Å²) in [6, 6.07) is 8.55. The molecular weight excluding hydrogens is 465 g/mol. The first-order valence-corrected chi connectivity index (χ1v) is 11.6. The largest absolute Gasteiger partial charge is 0.465 e. The Morgan fingerprint density at radius 2 is 1.84 bits per heavy atom. The Balaban J connectivity index is 2.06. The topological polar surface area (TPSA) is 96.0 Å². The van der Waals surface area contributed by atoms with Crippen molar-refractivity contribution in [3.63, 3.8) is 0 Å². The van der Waals surface area contributed by atoms with Gasteiger partial charge >= 0.3 is 12.0 Å². The van der Waals surface area contributed by atoms with Crippen LogP contribution in [0.5, 0.6) is 0 Å². The van der Waals surface area contributed by atoms with Crippen molar-refractivity contribution >= 4 is 56.6 Å². The van der Waals surface area contributed by atoms with Gasteiger partial charge in [0.1, 0.15) is 6.54 Å². The lowest BCUT2D eigenvalue weighted by Gasteiger charge is -2.25. The van der Waals surface area contributed by atoms with E-state index in [0.29, 0.717) is 18.7 Å². The first kappa shape index (κ1) is 23.2. The van der Waals surface area contributed by atoms with Gasteiger partial charge in [-0.1, -0.05) is 23.2 Å². The van der Waals surface area contributed by atoms with Gasteiger partial charge in [0.25, 0.3) is 10.0 Å². The Labute approximate surface area is 190 Å². The van der Waals surface area contributed by atoms with Crippen molar-refractivity contribution in [2.45, 2.75) is 18.2 Å². The lowest BCUT2D eigenvalue weighted by atomic mass is 10.1. The zero-order chi connectivity index (χ0) is 22.8. The van der Waals surface area contributed by atoms with Crippen molar-refractivity contribution in [3.8, 4) is 0 Å². The molecule has 0 saturated heterocycles. The molecule has 166 valence electrons. The van der Waals surface area contributed by atoms with Crippen molar-refractivity contribution in [2.75, 3.05) is 35.9 Å². The van der Waals surface area contributed by atoms with Crippen LogP contribution in [0.4, 0.5) is 16.2 Å². The van der Waals surface area contributed by atoms with E-state index in [2.05, 4.69) is 5.32 Å². The van der Waals surface area contributed by atoms with Crippen LogP contribution in [-0.2, 0) is 26.0 Å². The number of urea groups is 1. The average Bonchev–Trinajstić information content (AvgIpc) is 3.14. The summed E-state index contributed by atoms with van der Waals surface area (Å²) in [5, 5.41) is 2.88. The predicted octanol–water partition coefficient (Wildman–Crippen LogP) is 3.45. The minimum atomic E-state index is -4.19. The maximum atomic E-state index is 13.4. The van der Waals surface area contributed by atoms with Crippen molar-refractivity contribution < 1.29 is 22.7 Å². The molecule has 8 nitrogen and oxygen atoms in total. The number of halogens is 2. The Morgan fingerprint density at radius 1 is 1.16 bits per heavy atom. The minimum Gasteiger partial charge on any atom is -0.465 e. The van der Waals surface area contributed by atoms with Crippen LogP contribution >= 0.6 is 23.2 Å². The van der Waals surface area contributed by atoms with Gasteiger partial charge < -0.3 is 10.1 Å². The number of rotatable bonds is 6. The van der Waals surface area contributed by atoms with Crippen LogP contribution in [0.1, 0.15) is 12.5 Å². The van der Waals surface area contributed by atoms with E-state index in [1.165, 1.54) is 18.2 Å². The van der Waals surface area contributed by atoms with Gasteiger partial charge in [-0.25, -0.2) is 13.2 Å². The Morgan fingerprint density at radius 3 is 2.45 bits per heavy atom. The molecule has 2 aromatic rings. The van der Waals surface area contributed by atoms with Gasteiger partial charge in [0.05, 0.1) is 17.2 Å². The predicted molar refractivity (Wildman–Crippen MR) is 120 cm³/mol. The number of hydrogen-bond donors (Lipinski definition) is 1. The van der Waals surface area contributed by atoms with E-state index in [0.717, 1.165) is 9.87 Å². The van der Waals surface area contributed by atoms with Crippen LogP contribution in [0.15, 0.2) is 41.3 Å². The Bertz CT molecular complexity index is 1100. The molecule has 11 heteroatoms. The van der Waals surface area contributed by atoms with Crippen molar-refractivity contribution in [1.82, 2.24) is 5.32 Å². The number of carbonyl (C=O) groups is 2. The van der Waals surface area contributed by atoms with E-state index in [1.54, 1.807) is 37.1 Å². The first-order valence-electron chi connectivity index (χ1n) is 9.44. The molecule has 0 radical (unpaired) electrons. The number of esters is 1. The number of nitrogens with one attached hydrogen (secondary N) is 1. The van der Waals surface area contributed by atoms with Crippen molar-refractivity contribution in [3.05, 3.63) is 52.0 Å². The van der Waals surface area contributed by atoms with E-state index in [-0.39, 0.29) is 33.3 Å². The van der Waals surface area contributed by atoms with Crippen LogP contribution in [0, 0.1) is 0 Å². The summed E-state index contributed by atoms with van der Waals surface area (Å²) >= 11 is 12.0. The molecule has 1 heterocycles. The van der Waals surface area contributed by atoms with E-state index in [1.807, 2.05) is 0 Å². The summed E-state index contributed by atoms with van der Waals surface area (Å²) in [7, 11) is -2.65. The summed E-state index contributed by atoms with van der Waals surface area (Å²) < 4.78 is 32.8. The summed E-state index contributed by atoms with van der Waals surface area (Å²) in [6.07, 6.45) is 0.548. The van der Waals surface area contributed by atoms with Crippen LogP contribution in [0.25, 0.3) is 0 Å². The van der Waals surface area contributed by atoms with E-state index >= 15 is 0 Å². The van der Waals surface area contributed by atoms with Crippen LogP contribution < -0.4 is 14.5 Å². The van der Waals surface area contributed by atoms with Crippen molar-refractivity contribution in [1.29, 1.82) is 0 Å². The lowest BCUT2D eigenvalue weighted by Crippen LogP contribution is -2.37. The number of nitrogens with zero attached hydrogens (tertiary/aromatic N) is 2. The van der Waals surface area contributed by atoms with Gasteiger partial charge in [0.15, 0.2) is 0 Å². The fourth-order valence-corrected chi connectivity index (χ4v) is 5.46. The molecule has 2 amide bonds. The fraction of sp³-hybridized carbons (Fsp3) is 0.300. The minimum absolute atomic E-state index is 0.112. The zero-order valence-corrected chi connectivity index (χ0v) is 19.2. The molecule has 0 fully saturated rings. The monoisotopic (exact) mass is 485 g/mol. The quantitative estimate of drug-likeness (QED) is 0.631. The number of carbonyl (C=O) groups excluding carboxylic acids is 2. The second-order valence-electron chi connectivity index (χ2n) is 6.69. The highest BCUT2D eigenvalue weighted by Crippen LogP contribution is 2.34. The second kappa shape index (κ2) is 9.33. The molecule has 3 rings (SSSR count). The molecule has 31 heavy (non-hydrogen) atoms.